The highest BCUT2D eigenvalue weighted by atomic mass is 16.4. The van der Waals surface area contributed by atoms with Gasteiger partial charge in [-0.3, -0.25) is 19.8 Å². The third-order valence-corrected chi connectivity index (χ3v) is 3.43. The second-order valence-corrected chi connectivity index (χ2v) is 5.06. The van der Waals surface area contributed by atoms with Crippen molar-refractivity contribution in [3.05, 3.63) is 0 Å². The van der Waals surface area contributed by atoms with Crippen molar-refractivity contribution < 1.29 is 19.5 Å². The number of hydrogen-bond donors (Lipinski definition) is 3. The van der Waals surface area contributed by atoms with E-state index in [1.54, 1.807) is 6.92 Å². The van der Waals surface area contributed by atoms with Gasteiger partial charge in [0.25, 0.3) is 0 Å². The number of carbonyl (C=O) groups is 3. The first-order valence-electron chi connectivity index (χ1n) is 7.03. The lowest BCUT2D eigenvalue weighted by Gasteiger charge is -2.31. The lowest BCUT2D eigenvalue weighted by Crippen LogP contribution is -2.46. The molecule has 1 aliphatic heterocycles. The molecule has 1 fully saturated rings. The number of carboxylic acid groups (broad SMARTS) is 1. The summed E-state index contributed by atoms with van der Waals surface area (Å²) in [5.74, 6) is -0.637. The normalized spacial score (nSPS) is 16.6. The van der Waals surface area contributed by atoms with Gasteiger partial charge in [0.15, 0.2) is 0 Å². The summed E-state index contributed by atoms with van der Waals surface area (Å²) in [6.45, 7) is 4.02. The molecule has 0 atom stereocenters. The Labute approximate surface area is 118 Å². The number of nitrogens with zero attached hydrogens (tertiary/aromatic N) is 1. The van der Waals surface area contributed by atoms with E-state index in [0.29, 0.717) is 18.9 Å². The minimum Gasteiger partial charge on any atom is -0.481 e. The van der Waals surface area contributed by atoms with Crippen molar-refractivity contribution in [2.75, 3.05) is 26.2 Å². The highest BCUT2D eigenvalue weighted by molar-refractivity contribution is 5.95. The Balaban J connectivity index is 2.20. The van der Waals surface area contributed by atoms with Gasteiger partial charge < -0.3 is 10.4 Å². The fraction of sp³-hybridized carbons (Fsp3) is 0.769. The first-order valence-corrected chi connectivity index (χ1v) is 7.03. The smallest absolute Gasteiger partial charge is 0.321 e. The molecule has 1 heterocycles. The van der Waals surface area contributed by atoms with Gasteiger partial charge in [-0.15, -0.1) is 0 Å². The van der Waals surface area contributed by atoms with E-state index >= 15 is 0 Å². The van der Waals surface area contributed by atoms with Crippen LogP contribution in [0.5, 0.6) is 0 Å². The van der Waals surface area contributed by atoms with Crippen LogP contribution in [0, 0.1) is 5.92 Å². The molecule has 20 heavy (non-hydrogen) atoms. The molecule has 0 saturated carbocycles. The number of carboxylic acids is 1. The fourth-order valence-corrected chi connectivity index (χ4v) is 2.33. The SMILES string of the molecule is CCNC(=O)NC(=O)CN1CCC(CCC(=O)O)CC1. The van der Waals surface area contributed by atoms with Gasteiger partial charge in [-0.25, -0.2) is 4.79 Å². The summed E-state index contributed by atoms with van der Waals surface area (Å²) in [7, 11) is 0. The Kier molecular flexibility index (Phi) is 7.00. The van der Waals surface area contributed by atoms with E-state index in [9.17, 15) is 14.4 Å². The molecule has 3 amide bonds. The van der Waals surface area contributed by atoms with E-state index in [4.69, 9.17) is 5.11 Å². The first kappa shape index (κ1) is 16.4. The number of urea groups is 1. The van der Waals surface area contributed by atoms with E-state index < -0.39 is 12.0 Å². The third kappa shape index (κ3) is 6.51. The molecule has 0 aromatic heterocycles. The monoisotopic (exact) mass is 285 g/mol. The van der Waals surface area contributed by atoms with Gasteiger partial charge in [0.05, 0.1) is 6.54 Å². The van der Waals surface area contributed by atoms with Crippen molar-refractivity contribution in [2.45, 2.75) is 32.6 Å². The summed E-state index contributed by atoms with van der Waals surface area (Å²) in [6.07, 6.45) is 2.72. The minimum atomic E-state index is -0.756. The second-order valence-electron chi connectivity index (χ2n) is 5.06. The quantitative estimate of drug-likeness (QED) is 0.656. The van der Waals surface area contributed by atoms with Crippen LogP contribution in [0.2, 0.25) is 0 Å². The van der Waals surface area contributed by atoms with Crippen molar-refractivity contribution in [2.24, 2.45) is 5.92 Å². The number of piperidine rings is 1. The maximum absolute atomic E-state index is 11.6. The van der Waals surface area contributed by atoms with Crippen LogP contribution in [0.25, 0.3) is 0 Å². The predicted molar refractivity (Wildman–Crippen MR) is 73.2 cm³/mol. The molecule has 1 rings (SSSR count). The maximum atomic E-state index is 11.6. The molecule has 7 heteroatoms. The highest BCUT2D eigenvalue weighted by Gasteiger charge is 2.21. The molecule has 0 aliphatic carbocycles. The van der Waals surface area contributed by atoms with Crippen LogP contribution in [-0.4, -0.2) is 54.1 Å². The highest BCUT2D eigenvalue weighted by Crippen LogP contribution is 2.21. The van der Waals surface area contributed by atoms with E-state index in [1.807, 2.05) is 4.90 Å². The van der Waals surface area contributed by atoms with Crippen LogP contribution < -0.4 is 10.6 Å². The number of carbonyl (C=O) groups excluding carboxylic acids is 2. The third-order valence-electron chi connectivity index (χ3n) is 3.43. The van der Waals surface area contributed by atoms with E-state index in [0.717, 1.165) is 25.9 Å². The number of nitrogens with one attached hydrogen (secondary N) is 2. The van der Waals surface area contributed by atoms with Crippen molar-refractivity contribution in [1.82, 2.24) is 15.5 Å². The Morgan fingerprint density at radius 3 is 2.45 bits per heavy atom. The van der Waals surface area contributed by atoms with Gasteiger partial charge in [-0.2, -0.15) is 0 Å². The minimum absolute atomic E-state index is 0.211. The molecule has 1 aliphatic rings. The number of imide groups is 1. The molecule has 7 nitrogen and oxygen atoms in total. The lowest BCUT2D eigenvalue weighted by atomic mass is 9.92. The van der Waals surface area contributed by atoms with Crippen LogP contribution in [0.15, 0.2) is 0 Å². The van der Waals surface area contributed by atoms with Gasteiger partial charge in [0.2, 0.25) is 5.91 Å². The topological polar surface area (TPSA) is 98.7 Å². The Hall–Kier alpha value is -1.63. The van der Waals surface area contributed by atoms with Gasteiger partial charge in [-0.1, -0.05) is 0 Å². The summed E-state index contributed by atoms with van der Waals surface area (Å²) < 4.78 is 0. The fourth-order valence-electron chi connectivity index (χ4n) is 2.33. The Bertz CT molecular complexity index is 352. The van der Waals surface area contributed by atoms with Crippen molar-refractivity contribution in [3.8, 4) is 0 Å². The molecule has 114 valence electrons. The summed E-state index contributed by atoms with van der Waals surface area (Å²) >= 11 is 0. The Morgan fingerprint density at radius 2 is 1.90 bits per heavy atom. The standard InChI is InChI=1S/C13H23N3O4/c1-2-14-13(20)15-11(17)9-16-7-5-10(6-8-16)3-4-12(18)19/h10H,2-9H2,1H3,(H,18,19)(H2,14,15,17,20). The predicted octanol–water partition coefficient (Wildman–Crippen LogP) is 0.409. The van der Waals surface area contributed by atoms with Crippen LogP contribution in [0.1, 0.15) is 32.6 Å². The van der Waals surface area contributed by atoms with E-state index in [1.165, 1.54) is 0 Å². The average molecular weight is 285 g/mol. The van der Waals surface area contributed by atoms with Crippen molar-refractivity contribution >= 4 is 17.9 Å². The van der Waals surface area contributed by atoms with Gasteiger partial charge in [0.1, 0.15) is 0 Å². The molecule has 1 saturated heterocycles. The molecular formula is C13H23N3O4. The molecule has 0 spiro atoms. The van der Waals surface area contributed by atoms with Crippen molar-refractivity contribution in [3.63, 3.8) is 0 Å². The van der Waals surface area contributed by atoms with Gasteiger partial charge in [0, 0.05) is 13.0 Å². The zero-order valence-corrected chi connectivity index (χ0v) is 11.9. The molecule has 0 aromatic carbocycles. The molecular weight excluding hydrogens is 262 g/mol. The Morgan fingerprint density at radius 1 is 1.25 bits per heavy atom. The lowest BCUT2D eigenvalue weighted by molar-refractivity contribution is -0.137. The number of rotatable bonds is 6. The summed E-state index contributed by atoms with van der Waals surface area (Å²) in [5, 5.41) is 13.4. The molecule has 0 bridgehead atoms. The number of hydrogen-bond acceptors (Lipinski definition) is 4. The number of aliphatic carboxylic acids is 1. The summed E-state index contributed by atoms with van der Waals surface area (Å²) in [5.41, 5.74) is 0. The zero-order valence-electron chi connectivity index (χ0n) is 11.9. The zero-order chi connectivity index (χ0) is 15.0. The van der Waals surface area contributed by atoms with E-state index in [-0.39, 0.29) is 18.9 Å². The largest absolute Gasteiger partial charge is 0.481 e. The maximum Gasteiger partial charge on any atom is 0.321 e. The van der Waals surface area contributed by atoms with Crippen LogP contribution in [0.3, 0.4) is 0 Å². The van der Waals surface area contributed by atoms with Crippen molar-refractivity contribution in [1.29, 1.82) is 0 Å². The number of amides is 3. The number of likely N-dealkylation sites (tertiary alicyclic amines) is 1. The molecule has 0 unspecified atom stereocenters. The molecule has 0 radical (unpaired) electrons. The van der Waals surface area contributed by atoms with Crippen LogP contribution >= 0.6 is 0 Å². The van der Waals surface area contributed by atoms with Gasteiger partial charge in [-0.05, 0) is 45.2 Å². The molecule has 3 N–H and O–H groups in total. The summed E-state index contributed by atoms with van der Waals surface area (Å²) in [4.78, 5) is 35.3. The van der Waals surface area contributed by atoms with Crippen LogP contribution in [0.4, 0.5) is 4.79 Å². The van der Waals surface area contributed by atoms with Gasteiger partial charge >= 0.3 is 12.0 Å². The summed E-state index contributed by atoms with van der Waals surface area (Å²) in [6, 6.07) is -0.464. The van der Waals surface area contributed by atoms with Crippen LogP contribution in [-0.2, 0) is 9.59 Å². The second kappa shape index (κ2) is 8.52. The molecule has 0 aromatic rings. The first-order chi connectivity index (χ1) is 9.51. The van der Waals surface area contributed by atoms with E-state index in [2.05, 4.69) is 10.6 Å². The average Bonchev–Trinajstić information content (AvgIpc) is 2.37.